The van der Waals surface area contributed by atoms with Crippen LogP contribution < -0.4 is 9.47 Å². The topological polar surface area (TPSA) is 95.0 Å². The summed E-state index contributed by atoms with van der Waals surface area (Å²) in [4.78, 5) is 27.5. The second-order valence-electron chi connectivity index (χ2n) is 4.53. The van der Waals surface area contributed by atoms with Crippen molar-refractivity contribution in [1.29, 1.82) is 0 Å². The molecule has 0 aliphatic heterocycles. The van der Waals surface area contributed by atoms with Gasteiger partial charge in [-0.15, -0.1) is 0 Å². The molecular formula is C14H19NO6. The molecule has 0 bridgehead atoms. The Morgan fingerprint density at radius 1 is 1.33 bits per heavy atom. The van der Waals surface area contributed by atoms with E-state index in [1.807, 2.05) is 0 Å². The van der Waals surface area contributed by atoms with E-state index in [9.17, 15) is 14.7 Å². The molecule has 7 heteroatoms. The zero-order chi connectivity index (χ0) is 16.0. The summed E-state index contributed by atoms with van der Waals surface area (Å²) < 4.78 is 15.2. The molecule has 1 aromatic rings. The van der Waals surface area contributed by atoms with E-state index in [0.29, 0.717) is 17.2 Å². The molecule has 0 fully saturated rings. The number of rotatable bonds is 7. The quantitative estimate of drug-likeness (QED) is 0.598. The fraction of sp³-hybridized carbons (Fsp3) is 0.500. The third kappa shape index (κ3) is 3.42. The van der Waals surface area contributed by atoms with Gasteiger partial charge in [0.15, 0.2) is 16.9 Å². The van der Waals surface area contributed by atoms with Gasteiger partial charge in [-0.05, 0) is 13.8 Å². The second-order valence-corrected chi connectivity index (χ2v) is 4.53. The van der Waals surface area contributed by atoms with Crippen LogP contribution >= 0.6 is 0 Å². The number of carboxylic acids is 1. The van der Waals surface area contributed by atoms with Gasteiger partial charge in [-0.3, -0.25) is 14.6 Å². The summed E-state index contributed by atoms with van der Waals surface area (Å²) in [5.74, 6) is -1.38. The van der Waals surface area contributed by atoms with Crippen LogP contribution in [0.3, 0.4) is 0 Å². The predicted molar refractivity (Wildman–Crippen MR) is 73.4 cm³/mol. The number of carboxylic acid groups (broad SMARTS) is 1. The highest BCUT2D eigenvalue weighted by Crippen LogP contribution is 2.34. The number of esters is 1. The molecule has 0 saturated carbocycles. The minimum absolute atomic E-state index is 0.102. The van der Waals surface area contributed by atoms with Crippen molar-refractivity contribution < 1.29 is 28.9 Å². The number of hydrogen-bond donors (Lipinski definition) is 1. The van der Waals surface area contributed by atoms with E-state index < -0.39 is 17.4 Å². The van der Waals surface area contributed by atoms with Gasteiger partial charge in [0, 0.05) is 18.7 Å². The number of aromatic nitrogens is 1. The van der Waals surface area contributed by atoms with E-state index in [2.05, 4.69) is 4.98 Å². The second kappa shape index (κ2) is 6.92. The summed E-state index contributed by atoms with van der Waals surface area (Å²) in [5, 5.41) is 9.38. The minimum atomic E-state index is -1.75. The molecule has 21 heavy (non-hydrogen) atoms. The van der Waals surface area contributed by atoms with Crippen LogP contribution in [0.1, 0.15) is 19.5 Å². The Bertz CT molecular complexity index is 530. The molecule has 0 saturated heterocycles. The number of hydrogen-bond acceptors (Lipinski definition) is 6. The van der Waals surface area contributed by atoms with Crippen molar-refractivity contribution in [3.8, 4) is 11.5 Å². The molecule has 1 rings (SSSR count). The van der Waals surface area contributed by atoms with Gasteiger partial charge in [-0.2, -0.15) is 0 Å². The van der Waals surface area contributed by atoms with Crippen LogP contribution in [0.4, 0.5) is 0 Å². The molecule has 1 unspecified atom stereocenters. The fourth-order valence-corrected chi connectivity index (χ4v) is 1.84. The molecule has 0 aliphatic carbocycles. The summed E-state index contributed by atoms with van der Waals surface area (Å²) in [6, 6.07) is 1.59. The van der Waals surface area contributed by atoms with Crippen LogP contribution in [0, 0.1) is 5.41 Å². The van der Waals surface area contributed by atoms with Crippen LogP contribution in [-0.2, 0) is 20.7 Å². The number of pyridine rings is 1. The maximum absolute atomic E-state index is 12.0. The number of ether oxygens (including phenoxy) is 3. The normalized spacial score (nSPS) is 13.1. The van der Waals surface area contributed by atoms with Crippen LogP contribution in [0.5, 0.6) is 11.5 Å². The highest BCUT2D eigenvalue weighted by molar-refractivity contribution is 5.99. The van der Waals surface area contributed by atoms with Gasteiger partial charge >= 0.3 is 11.9 Å². The van der Waals surface area contributed by atoms with Gasteiger partial charge < -0.3 is 19.3 Å². The third-order valence-electron chi connectivity index (χ3n) is 3.09. The number of methoxy groups -OCH3 is 2. The Labute approximate surface area is 122 Å². The summed E-state index contributed by atoms with van der Waals surface area (Å²) in [6.45, 7) is 3.02. The van der Waals surface area contributed by atoms with Crippen molar-refractivity contribution in [2.75, 3.05) is 20.8 Å². The van der Waals surface area contributed by atoms with Crippen molar-refractivity contribution in [2.45, 2.75) is 20.3 Å². The average molecular weight is 297 g/mol. The number of carbonyl (C=O) groups excluding carboxylic acids is 1. The molecular weight excluding hydrogens is 278 g/mol. The van der Waals surface area contributed by atoms with Crippen molar-refractivity contribution >= 4 is 11.9 Å². The van der Waals surface area contributed by atoms with E-state index >= 15 is 0 Å². The fourth-order valence-electron chi connectivity index (χ4n) is 1.84. The monoisotopic (exact) mass is 297 g/mol. The maximum Gasteiger partial charge on any atom is 0.323 e. The number of aliphatic carboxylic acids is 1. The summed E-state index contributed by atoms with van der Waals surface area (Å²) in [5.41, 5.74) is -1.43. The standard InChI is InChI=1S/C14H19NO6/c1-5-21-13(18)14(2,12(16)17)8-9-11(20-4)10(19-3)6-7-15-9/h6-7H,5,8H2,1-4H3,(H,16,17). The van der Waals surface area contributed by atoms with Gasteiger partial charge in [0.2, 0.25) is 0 Å². The van der Waals surface area contributed by atoms with E-state index in [-0.39, 0.29) is 13.0 Å². The smallest absolute Gasteiger partial charge is 0.323 e. The largest absolute Gasteiger partial charge is 0.493 e. The van der Waals surface area contributed by atoms with E-state index in [4.69, 9.17) is 14.2 Å². The average Bonchev–Trinajstić information content (AvgIpc) is 2.46. The van der Waals surface area contributed by atoms with Crippen LogP contribution in [-0.4, -0.2) is 42.9 Å². The predicted octanol–water partition coefficient (Wildman–Crippen LogP) is 1.30. The number of carbonyl (C=O) groups is 2. The van der Waals surface area contributed by atoms with Crippen molar-refractivity contribution in [1.82, 2.24) is 4.98 Å². The lowest BCUT2D eigenvalue weighted by molar-refractivity contribution is -0.167. The Balaban J connectivity index is 3.22. The first-order valence-corrected chi connectivity index (χ1v) is 6.37. The van der Waals surface area contributed by atoms with Crippen LogP contribution in [0.25, 0.3) is 0 Å². The van der Waals surface area contributed by atoms with Gasteiger partial charge in [-0.25, -0.2) is 0 Å². The molecule has 7 nitrogen and oxygen atoms in total. The van der Waals surface area contributed by atoms with Crippen LogP contribution in [0.2, 0.25) is 0 Å². The molecule has 0 aliphatic rings. The minimum Gasteiger partial charge on any atom is -0.493 e. The van der Waals surface area contributed by atoms with Crippen molar-refractivity contribution in [3.05, 3.63) is 18.0 Å². The Kier molecular flexibility index (Phi) is 5.52. The molecule has 116 valence electrons. The highest BCUT2D eigenvalue weighted by atomic mass is 16.5. The lowest BCUT2D eigenvalue weighted by Crippen LogP contribution is -2.40. The molecule has 0 spiro atoms. The SMILES string of the molecule is CCOC(=O)C(C)(Cc1nccc(OC)c1OC)C(=O)O. The molecule has 0 aromatic carbocycles. The summed E-state index contributed by atoms with van der Waals surface area (Å²) in [7, 11) is 2.88. The molecule has 1 heterocycles. The first-order valence-electron chi connectivity index (χ1n) is 6.37. The molecule has 1 N–H and O–H groups in total. The number of nitrogens with zero attached hydrogens (tertiary/aromatic N) is 1. The van der Waals surface area contributed by atoms with Crippen LogP contribution in [0.15, 0.2) is 12.3 Å². The van der Waals surface area contributed by atoms with Gasteiger partial charge in [-0.1, -0.05) is 0 Å². The molecule has 1 aromatic heterocycles. The van der Waals surface area contributed by atoms with Crippen molar-refractivity contribution in [2.24, 2.45) is 5.41 Å². The Hall–Kier alpha value is -2.31. The molecule has 1 atom stereocenters. The zero-order valence-electron chi connectivity index (χ0n) is 12.5. The zero-order valence-corrected chi connectivity index (χ0v) is 12.5. The first-order chi connectivity index (χ1) is 9.90. The lowest BCUT2D eigenvalue weighted by atomic mass is 9.85. The van der Waals surface area contributed by atoms with E-state index in [0.717, 1.165) is 0 Å². The highest BCUT2D eigenvalue weighted by Gasteiger charge is 2.44. The van der Waals surface area contributed by atoms with Gasteiger partial charge in [0.25, 0.3) is 0 Å². The maximum atomic E-state index is 12.0. The summed E-state index contributed by atoms with van der Waals surface area (Å²) >= 11 is 0. The summed E-state index contributed by atoms with van der Waals surface area (Å²) in [6.07, 6.45) is 1.30. The molecule has 0 radical (unpaired) electrons. The lowest BCUT2D eigenvalue weighted by Gasteiger charge is -2.23. The van der Waals surface area contributed by atoms with Gasteiger partial charge in [0.05, 0.1) is 26.5 Å². The van der Waals surface area contributed by atoms with Gasteiger partial charge in [0.1, 0.15) is 0 Å². The Morgan fingerprint density at radius 2 is 2.00 bits per heavy atom. The third-order valence-corrected chi connectivity index (χ3v) is 3.09. The molecule has 0 amide bonds. The Morgan fingerprint density at radius 3 is 2.48 bits per heavy atom. The van der Waals surface area contributed by atoms with Crippen molar-refractivity contribution in [3.63, 3.8) is 0 Å². The first kappa shape index (κ1) is 16.7. The van der Waals surface area contributed by atoms with E-state index in [1.165, 1.54) is 27.3 Å². The van der Waals surface area contributed by atoms with E-state index in [1.54, 1.807) is 13.0 Å².